The van der Waals surface area contributed by atoms with E-state index in [9.17, 15) is 4.79 Å². The van der Waals surface area contributed by atoms with Gasteiger partial charge in [0.15, 0.2) is 5.17 Å². The Morgan fingerprint density at radius 1 is 1.48 bits per heavy atom. The number of benzene rings is 1. The lowest BCUT2D eigenvalue weighted by molar-refractivity contribution is 0.0998. The van der Waals surface area contributed by atoms with Gasteiger partial charge in [0, 0.05) is 22.9 Å². The maximum Gasteiger partial charge on any atom is 0.283 e. The van der Waals surface area contributed by atoms with Crippen LogP contribution in [0.3, 0.4) is 0 Å². The van der Waals surface area contributed by atoms with Crippen LogP contribution in [0, 0.1) is 0 Å². The van der Waals surface area contributed by atoms with E-state index in [0.717, 1.165) is 30.3 Å². The number of methoxy groups -OCH3 is 1. The largest absolute Gasteiger partial charge is 0.496 e. The normalized spacial score (nSPS) is 18.5. The third-order valence-corrected chi connectivity index (χ3v) is 5.50. The van der Waals surface area contributed by atoms with Crippen molar-refractivity contribution in [3.05, 3.63) is 28.8 Å². The number of carbonyl (C=O) groups excluding carboxylic acids is 1. The highest BCUT2D eigenvalue weighted by atomic mass is 35.5. The smallest absolute Gasteiger partial charge is 0.283 e. The van der Waals surface area contributed by atoms with Gasteiger partial charge < -0.3 is 9.64 Å². The minimum absolute atomic E-state index is 0.0113. The van der Waals surface area contributed by atoms with Gasteiger partial charge in [-0.05, 0) is 38.5 Å². The van der Waals surface area contributed by atoms with E-state index in [0.29, 0.717) is 16.3 Å². The van der Waals surface area contributed by atoms with Gasteiger partial charge in [0.2, 0.25) is 0 Å². The Morgan fingerprint density at radius 3 is 2.87 bits per heavy atom. The number of thioether (sulfide) groups is 1. The lowest BCUT2D eigenvalue weighted by Crippen LogP contribution is -2.43. The van der Waals surface area contributed by atoms with Crippen molar-refractivity contribution in [3.63, 3.8) is 0 Å². The Labute approximate surface area is 147 Å². The van der Waals surface area contributed by atoms with Gasteiger partial charge >= 0.3 is 0 Å². The number of ether oxygens (including phenoxy) is 1. The van der Waals surface area contributed by atoms with E-state index < -0.39 is 0 Å². The highest BCUT2D eigenvalue weighted by molar-refractivity contribution is 8.14. The van der Waals surface area contributed by atoms with Crippen molar-refractivity contribution in [2.24, 2.45) is 4.99 Å². The number of rotatable bonds is 5. The molecule has 0 N–H and O–H groups in total. The van der Waals surface area contributed by atoms with E-state index in [2.05, 4.69) is 30.7 Å². The van der Waals surface area contributed by atoms with Gasteiger partial charge in [-0.3, -0.25) is 4.79 Å². The molecule has 1 aromatic carbocycles. The highest BCUT2D eigenvalue weighted by Gasteiger charge is 2.37. The van der Waals surface area contributed by atoms with E-state index >= 15 is 0 Å². The molecule has 1 aromatic rings. The molecule has 126 valence electrons. The van der Waals surface area contributed by atoms with Crippen LogP contribution in [0.1, 0.15) is 44.0 Å². The summed E-state index contributed by atoms with van der Waals surface area (Å²) in [6, 6.07) is 5.00. The number of hydrogen-bond donors (Lipinski definition) is 0. The Hall–Kier alpha value is -1.20. The summed E-state index contributed by atoms with van der Waals surface area (Å²) in [4.78, 5) is 19.2. The van der Waals surface area contributed by atoms with Crippen LogP contribution in [0.25, 0.3) is 0 Å². The van der Waals surface area contributed by atoms with Gasteiger partial charge in [0.05, 0.1) is 12.7 Å². The Morgan fingerprint density at radius 2 is 2.22 bits per heavy atom. The molecule has 6 heteroatoms. The van der Waals surface area contributed by atoms with Crippen molar-refractivity contribution in [3.8, 4) is 5.75 Å². The number of nitrogens with zero attached hydrogens (tertiary/aromatic N) is 2. The van der Waals surface area contributed by atoms with Gasteiger partial charge in [-0.15, -0.1) is 0 Å². The number of amidine groups is 1. The van der Waals surface area contributed by atoms with Crippen LogP contribution < -0.4 is 4.74 Å². The average Bonchev–Trinajstić information content (AvgIpc) is 2.79. The predicted molar refractivity (Wildman–Crippen MR) is 97.9 cm³/mol. The molecule has 1 amide bonds. The SMILES string of the molecule is CCCCN1C(=NC(=O)c2cc(Cl)ccc2OC)SCC1(C)C. The van der Waals surface area contributed by atoms with Crippen molar-refractivity contribution < 1.29 is 9.53 Å². The molecule has 1 fully saturated rings. The fourth-order valence-corrected chi connectivity index (χ4v) is 3.91. The summed E-state index contributed by atoms with van der Waals surface area (Å²) in [5.41, 5.74) is 0.408. The molecule has 1 aliphatic heterocycles. The fraction of sp³-hybridized carbons (Fsp3) is 0.529. The third-order valence-electron chi connectivity index (χ3n) is 3.84. The number of carbonyl (C=O) groups is 1. The topological polar surface area (TPSA) is 41.9 Å². The highest BCUT2D eigenvalue weighted by Crippen LogP contribution is 2.33. The maximum absolute atomic E-state index is 12.6. The average molecular weight is 355 g/mol. The van der Waals surface area contributed by atoms with E-state index in [-0.39, 0.29) is 11.4 Å². The molecule has 0 bridgehead atoms. The Kier molecular flexibility index (Phi) is 5.98. The van der Waals surface area contributed by atoms with Crippen LogP contribution in [0.15, 0.2) is 23.2 Å². The first-order valence-corrected chi connectivity index (χ1v) is 9.12. The number of hydrogen-bond acceptors (Lipinski definition) is 3. The van der Waals surface area contributed by atoms with Crippen molar-refractivity contribution in [1.82, 2.24) is 4.90 Å². The summed E-state index contributed by atoms with van der Waals surface area (Å²) in [6.45, 7) is 7.44. The fourth-order valence-electron chi connectivity index (χ4n) is 2.46. The van der Waals surface area contributed by atoms with E-state index in [1.54, 1.807) is 30.0 Å². The summed E-state index contributed by atoms with van der Waals surface area (Å²) in [5, 5.41) is 1.28. The maximum atomic E-state index is 12.6. The number of aliphatic imine (C=N–C) groups is 1. The number of unbranched alkanes of at least 4 members (excludes halogenated alkanes) is 1. The zero-order chi connectivity index (χ0) is 17.0. The van der Waals surface area contributed by atoms with Gasteiger partial charge in [0.1, 0.15) is 5.75 Å². The molecule has 0 aliphatic carbocycles. The van der Waals surface area contributed by atoms with E-state index in [1.165, 1.54) is 7.11 Å². The van der Waals surface area contributed by atoms with Gasteiger partial charge in [-0.1, -0.05) is 36.7 Å². The molecule has 1 heterocycles. The second kappa shape index (κ2) is 7.58. The van der Waals surface area contributed by atoms with Crippen molar-refractivity contribution in [2.45, 2.75) is 39.2 Å². The van der Waals surface area contributed by atoms with Crippen molar-refractivity contribution >= 4 is 34.4 Å². The van der Waals surface area contributed by atoms with E-state index in [1.807, 2.05) is 0 Å². The second-order valence-electron chi connectivity index (χ2n) is 6.15. The molecule has 1 saturated heterocycles. The molecule has 0 spiro atoms. The molecule has 2 rings (SSSR count). The van der Waals surface area contributed by atoms with Crippen LogP contribution in [0.4, 0.5) is 0 Å². The molecule has 1 aliphatic rings. The molecule has 0 radical (unpaired) electrons. The first-order chi connectivity index (χ1) is 10.9. The Balaban J connectivity index is 2.29. The van der Waals surface area contributed by atoms with Gasteiger partial charge in [-0.2, -0.15) is 4.99 Å². The standard InChI is InChI=1S/C17H23ClN2O2S/c1-5-6-9-20-16(23-11-17(20,2)3)19-15(21)13-10-12(18)7-8-14(13)22-4/h7-8,10H,5-6,9,11H2,1-4H3. The summed E-state index contributed by atoms with van der Waals surface area (Å²) in [5.74, 6) is 1.10. The zero-order valence-electron chi connectivity index (χ0n) is 14.1. The van der Waals surface area contributed by atoms with E-state index in [4.69, 9.17) is 16.3 Å². The second-order valence-corrected chi connectivity index (χ2v) is 7.53. The van der Waals surface area contributed by atoms with Gasteiger partial charge in [-0.25, -0.2) is 0 Å². The zero-order valence-corrected chi connectivity index (χ0v) is 15.6. The first-order valence-electron chi connectivity index (χ1n) is 7.76. The molecule has 0 aromatic heterocycles. The van der Waals surface area contributed by atoms with Crippen molar-refractivity contribution in [1.29, 1.82) is 0 Å². The predicted octanol–water partition coefficient (Wildman–Crippen LogP) is 4.47. The van der Waals surface area contributed by atoms with Crippen LogP contribution in [-0.4, -0.2) is 40.9 Å². The molecular formula is C17H23ClN2O2S. The first kappa shape index (κ1) is 18.1. The summed E-state index contributed by atoms with van der Waals surface area (Å²) in [7, 11) is 1.54. The van der Waals surface area contributed by atoms with Crippen molar-refractivity contribution in [2.75, 3.05) is 19.4 Å². The molecule has 4 nitrogen and oxygen atoms in total. The van der Waals surface area contributed by atoms with Crippen LogP contribution in [0.5, 0.6) is 5.75 Å². The van der Waals surface area contributed by atoms with Crippen LogP contribution >= 0.6 is 23.4 Å². The van der Waals surface area contributed by atoms with Crippen LogP contribution in [0.2, 0.25) is 5.02 Å². The Bertz CT molecular complexity index is 617. The monoisotopic (exact) mass is 354 g/mol. The van der Waals surface area contributed by atoms with Crippen LogP contribution in [-0.2, 0) is 0 Å². The lowest BCUT2D eigenvalue weighted by atomic mass is 10.1. The minimum atomic E-state index is -0.314. The summed E-state index contributed by atoms with van der Waals surface area (Å²) >= 11 is 7.63. The molecular weight excluding hydrogens is 332 g/mol. The number of amides is 1. The molecule has 23 heavy (non-hydrogen) atoms. The third kappa shape index (κ3) is 4.21. The molecule has 0 saturated carbocycles. The summed E-state index contributed by atoms with van der Waals surface area (Å²) < 4.78 is 5.25. The number of halogens is 1. The minimum Gasteiger partial charge on any atom is -0.496 e. The molecule has 0 unspecified atom stereocenters. The summed E-state index contributed by atoms with van der Waals surface area (Å²) in [6.07, 6.45) is 2.19. The quantitative estimate of drug-likeness (QED) is 0.782. The molecule has 0 atom stereocenters. The lowest BCUT2D eigenvalue weighted by Gasteiger charge is -2.32. The van der Waals surface area contributed by atoms with Gasteiger partial charge in [0.25, 0.3) is 5.91 Å².